The molecule has 4 rings (SSSR count). The molecule has 2 aliphatic heterocycles. The van der Waals surface area contributed by atoms with Crippen LogP contribution in [0.5, 0.6) is 5.75 Å². The molecule has 8 heteroatoms. The van der Waals surface area contributed by atoms with Crippen molar-refractivity contribution in [3.8, 4) is 5.75 Å². The molecule has 2 heterocycles. The largest absolute Gasteiger partial charge is 0.495 e. The van der Waals surface area contributed by atoms with Gasteiger partial charge in [-0.25, -0.2) is 4.39 Å². The number of allylic oxidation sites excluding steroid dienone is 1. The first kappa shape index (κ1) is 21.8. The molecule has 0 amide bonds. The molecule has 0 saturated heterocycles. The van der Waals surface area contributed by atoms with Crippen LogP contribution in [0.2, 0.25) is 5.02 Å². The summed E-state index contributed by atoms with van der Waals surface area (Å²) in [5.74, 6) is 1.25. The molecule has 0 spiro atoms. The standard InChI is InChI=1S/C22H22BrClFN2O2P/c1-12-10-26-18-11-29-20(14-5-4-6-17(28-3)19(14)24)15-9-13(23)7-8-16(15)27(18)21(12)22(2,25)30/h4-9,20H,10-11,30H2,1-3H3/t20-,22?/m1/s1. The lowest BCUT2D eigenvalue weighted by Crippen LogP contribution is -2.42. The molecular weight excluding hydrogens is 490 g/mol. The first-order chi connectivity index (χ1) is 14.2. The van der Waals surface area contributed by atoms with Gasteiger partial charge in [-0.05, 0) is 43.7 Å². The molecule has 0 bridgehead atoms. The van der Waals surface area contributed by atoms with E-state index in [1.165, 1.54) is 0 Å². The van der Waals surface area contributed by atoms with Gasteiger partial charge in [0.25, 0.3) is 0 Å². The maximum atomic E-state index is 15.3. The van der Waals surface area contributed by atoms with Gasteiger partial charge in [0.2, 0.25) is 0 Å². The molecule has 2 aromatic rings. The van der Waals surface area contributed by atoms with Gasteiger partial charge in [0, 0.05) is 15.6 Å². The van der Waals surface area contributed by atoms with Crippen LogP contribution in [0.15, 0.2) is 57.1 Å². The fourth-order valence-electron chi connectivity index (χ4n) is 4.01. The number of hydrogen-bond donors (Lipinski definition) is 0. The number of nitrogens with zero attached hydrogens (tertiary/aromatic N) is 2. The monoisotopic (exact) mass is 510 g/mol. The summed E-state index contributed by atoms with van der Waals surface area (Å²) in [7, 11) is 3.89. The lowest BCUT2D eigenvalue weighted by Gasteiger charge is -2.37. The second-order valence-corrected chi connectivity index (χ2v) is 9.91. The number of alkyl halides is 1. The Balaban J connectivity index is 1.95. The quantitative estimate of drug-likeness (QED) is 0.455. The summed E-state index contributed by atoms with van der Waals surface area (Å²) in [6, 6.07) is 11.5. The Morgan fingerprint density at radius 2 is 2.10 bits per heavy atom. The minimum atomic E-state index is -1.62. The fraction of sp³-hybridized carbons (Fsp3) is 0.318. The van der Waals surface area contributed by atoms with Gasteiger partial charge in [-0.1, -0.05) is 48.9 Å². The molecule has 3 atom stereocenters. The number of rotatable bonds is 3. The zero-order chi connectivity index (χ0) is 21.6. The average molecular weight is 512 g/mol. The summed E-state index contributed by atoms with van der Waals surface area (Å²) in [6.07, 6.45) is -0.467. The summed E-state index contributed by atoms with van der Waals surface area (Å²) < 4.78 is 27.9. The molecule has 2 unspecified atom stereocenters. The van der Waals surface area contributed by atoms with Crippen LogP contribution in [0.4, 0.5) is 10.1 Å². The number of methoxy groups -OCH3 is 1. The van der Waals surface area contributed by atoms with E-state index in [1.807, 2.05) is 48.2 Å². The lowest BCUT2D eigenvalue weighted by molar-refractivity contribution is 0.114. The van der Waals surface area contributed by atoms with Crippen LogP contribution in [-0.2, 0) is 4.74 Å². The number of fused-ring (bicyclic) bond motifs is 3. The topological polar surface area (TPSA) is 34.1 Å². The molecule has 4 nitrogen and oxygen atoms in total. The van der Waals surface area contributed by atoms with Crippen LogP contribution < -0.4 is 9.64 Å². The van der Waals surface area contributed by atoms with E-state index in [9.17, 15) is 0 Å². The zero-order valence-electron chi connectivity index (χ0n) is 16.9. The van der Waals surface area contributed by atoms with Crippen molar-refractivity contribution in [2.24, 2.45) is 4.99 Å². The molecule has 2 aromatic carbocycles. The number of amidine groups is 1. The lowest BCUT2D eigenvalue weighted by atomic mass is 9.98. The van der Waals surface area contributed by atoms with E-state index in [0.717, 1.165) is 26.9 Å². The normalized spacial score (nSPS) is 20.7. The Bertz CT molecular complexity index is 1070. The van der Waals surface area contributed by atoms with Gasteiger partial charge in [-0.3, -0.25) is 9.89 Å². The van der Waals surface area contributed by atoms with Crippen molar-refractivity contribution in [1.29, 1.82) is 0 Å². The van der Waals surface area contributed by atoms with Crippen molar-refractivity contribution in [2.45, 2.75) is 25.4 Å². The van der Waals surface area contributed by atoms with Gasteiger partial charge in [0.05, 0.1) is 30.1 Å². The summed E-state index contributed by atoms with van der Waals surface area (Å²) in [5, 5.41) is -1.13. The average Bonchev–Trinajstić information content (AvgIpc) is 2.84. The highest BCUT2D eigenvalue weighted by molar-refractivity contribution is 9.10. The van der Waals surface area contributed by atoms with Crippen LogP contribution in [0, 0.1) is 0 Å². The first-order valence-electron chi connectivity index (χ1n) is 9.47. The summed E-state index contributed by atoms with van der Waals surface area (Å²) in [6.45, 7) is 4.12. The highest BCUT2D eigenvalue weighted by Crippen LogP contribution is 2.46. The SMILES string of the molecule is COc1cccc([C@H]2OCC3=NCC(C)=C(C(C)(F)P)N3c3ccc(Br)cc32)c1Cl. The molecule has 0 saturated carbocycles. The summed E-state index contributed by atoms with van der Waals surface area (Å²) in [5.41, 5.74) is 3.92. The van der Waals surface area contributed by atoms with E-state index >= 15 is 4.39 Å². The molecule has 0 N–H and O–H groups in total. The molecule has 2 aliphatic rings. The van der Waals surface area contributed by atoms with Crippen molar-refractivity contribution in [3.05, 3.63) is 68.3 Å². The molecular formula is C22H22BrClFN2O2P. The van der Waals surface area contributed by atoms with Crippen molar-refractivity contribution < 1.29 is 13.9 Å². The number of anilines is 1. The van der Waals surface area contributed by atoms with Gasteiger partial charge >= 0.3 is 0 Å². The molecule has 30 heavy (non-hydrogen) atoms. The fourth-order valence-corrected chi connectivity index (χ4v) is 5.07. The predicted molar refractivity (Wildman–Crippen MR) is 127 cm³/mol. The smallest absolute Gasteiger partial charge is 0.160 e. The minimum Gasteiger partial charge on any atom is -0.495 e. The molecule has 0 aliphatic carbocycles. The third-order valence-electron chi connectivity index (χ3n) is 5.24. The highest BCUT2D eigenvalue weighted by atomic mass is 79.9. The maximum absolute atomic E-state index is 15.3. The number of benzene rings is 2. The molecule has 0 radical (unpaired) electrons. The second kappa shape index (κ2) is 8.23. The van der Waals surface area contributed by atoms with Crippen molar-refractivity contribution in [2.75, 3.05) is 25.2 Å². The van der Waals surface area contributed by atoms with Crippen LogP contribution in [0.25, 0.3) is 0 Å². The van der Waals surface area contributed by atoms with E-state index < -0.39 is 11.5 Å². The Hall–Kier alpha value is -1.46. The van der Waals surface area contributed by atoms with E-state index in [1.54, 1.807) is 14.0 Å². The van der Waals surface area contributed by atoms with Gasteiger partial charge < -0.3 is 9.47 Å². The van der Waals surface area contributed by atoms with E-state index in [0.29, 0.717) is 28.8 Å². The summed E-state index contributed by atoms with van der Waals surface area (Å²) in [4.78, 5) is 6.57. The van der Waals surface area contributed by atoms with E-state index in [-0.39, 0.29) is 6.61 Å². The zero-order valence-corrected chi connectivity index (χ0v) is 20.4. The van der Waals surface area contributed by atoms with Crippen LogP contribution in [0.1, 0.15) is 31.1 Å². The molecule has 0 aromatic heterocycles. The number of halogens is 3. The van der Waals surface area contributed by atoms with Crippen LogP contribution in [-0.4, -0.2) is 31.5 Å². The third-order valence-corrected chi connectivity index (χ3v) is 6.41. The highest BCUT2D eigenvalue weighted by Gasteiger charge is 2.39. The van der Waals surface area contributed by atoms with E-state index in [4.69, 9.17) is 21.1 Å². The third kappa shape index (κ3) is 3.80. The van der Waals surface area contributed by atoms with Gasteiger partial charge in [0.15, 0.2) is 5.41 Å². The van der Waals surface area contributed by atoms with Crippen LogP contribution >= 0.6 is 36.8 Å². The summed E-state index contributed by atoms with van der Waals surface area (Å²) >= 11 is 10.2. The first-order valence-corrected chi connectivity index (χ1v) is 11.2. The van der Waals surface area contributed by atoms with Gasteiger partial charge in [-0.15, -0.1) is 0 Å². The molecule has 158 valence electrons. The Morgan fingerprint density at radius 3 is 2.80 bits per heavy atom. The van der Waals surface area contributed by atoms with E-state index in [2.05, 4.69) is 30.2 Å². The van der Waals surface area contributed by atoms with Gasteiger partial charge in [-0.2, -0.15) is 0 Å². The number of ether oxygens (including phenoxy) is 2. The van der Waals surface area contributed by atoms with Crippen molar-refractivity contribution >= 4 is 48.3 Å². The Labute approximate surface area is 191 Å². The number of hydrogen-bond acceptors (Lipinski definition) is 4. The van der Waals surface area contributed by atoms with Gasteiger partial charge in [0.1, 0.15) is 24.3 Å². The Morgan fingerprint density at radius 1 is 1.33 bits per heavy atom. The predicted octanol–water partition coefficient (Wildman–Crippen LogP) is 6.28. The number of aliphatic imine (C=N–C) groups is 1. The van der Waals surface area contributed by atoms with Crippen molar-refractivity contribution in [3.63, 3.8) is 0 Å². The van der Waals surface area contributed by atoms with Crippen LogP contribution in [0.3, 0.4) is 0 Å². The minimum absolute atomic E-state index is 0.224. The maximum Gasteiger partial charge on any atom is 0.160 e. The Kier molecular flexibility index (Phi) is 5.97. The molecule has 0 fully saturated rings. The second-order valence-electron chi connectivity index (χ2n) is 7.53. The van der Waals surface area contributed by atoms with Crippen molar-refractivity contribution in [1.82, 2.24) is 0 Å².